The average molecular weight is 364 g/mol. The van der Waals surface area contributed by atoms with Crippen molar-refractivity contribution in [1.82, 2.24) is 14.9 Å². The Morgan fingerprint density at radius 2 is 2.12 bits per heavy atom. The van der Waals surface area contributed by atoms with Crippen molar-refractivity contribution in [3.63, 3.8) is 0 Å². The lowest BCUT2D eigenvalue weighted by atomic mass is 9.99. The first-order chi connectivity index (χ1) is 11.5. The van der Waals surface area contributed by atoms with Crippen LogP contribution in [0.3, 0.4) is 0 Å². The van der Waals surface area contributed by atoms with E-state index in [-0.39, 0.29) is 11.2 Å². The maximum absolute atomic E-state index is 12.8. The number of hydrogen-bond acceptors (Lipinski definition) is 5. The standard InChI is InChI=1S/C18H25N3OS2/c1-5-14-10-15-16(19-13(4)20-17(15)24-14)23-12(3)18(22)21-8-6-11(2)7-9-21/h10-12H,5-9H2,1-4H3. The second-order valence-corrected chi connectivity index (χ2v) is 9.07. The Kier molecular flexibility index (Phi) is 5.45. The number of likely N-dealkylation sites (tertiary alicyclic amines) is 1. The molecule has 4 nitrogen and oxygen atoms in total. The first-order valence-corrected chi connectivity index (χ1v) is 10.4. The lowest BCUT2D eigenvalue weighted by molar-refractivity contribution is -0.131. The number of carbonyl (C=O) groups is 1. The molecule has 3 heterocycles. The number of nitrogens with zero attached hydrogens (tertiary/aromatic N) is 3. The number of amides is 1. The topological polar surface area (TPSA) is 46.1 Å². The molecule has 3 rings (SSSR count). The highest BCUT2D eigenvalue weighted by Gasteiger charge is 2.26. The van der Waals surface area contributed by atoms with E-state index in [2.05, 4.69) is 29.9 Å². The minimum Gasteiger partial charge on any atom is -0.342 e. The number of thiophene rings is 1. The van der Waals surface area contributed by atoms with Crippen LogP contribution < -0.4 is 0 Å². The van der Waals surface area contributed by atoms with Crippen LogP contribution in [-0.4, -0.2) is 39.1 Å². The molecule has 1 amide bonds. The van der Waals surface area contributed by atoms with Crippen LogP contribution in [0.4, 0.5) is 0 Å². The summed E-state index contributed by atoms with van der Waals surface area (Å²) >= 11 is 3.31. The predicted molar refractivity (Wildman–Crippen MR) is 102 cm³/mol. The first kappa shape index (κ1) is 17.7. The molecule has 1 atom stereocenters. The van der Waals surface area contributed by atoms with Gasteiger partial charge >= 0.3 is 0 Å². The number of rotatable bonds is 4. The van der Waals surface area contributed by atoms with Crippen LogP contribution in [-0.2, 0) is 11.2 Å². The van der Waals surface area contributed by atoms with Crippen LogP contribution in [0.25, 0.3) is 10.2 Å². The minimum atomic E-state index is -0.110. The first-order valence-electron chi connectivity index (χ1n) is 8.70. The van der Waals surface area contributed by atoms with Crippen molar-refractivity contribution in [3.8, 4) is 0 Å². The molecule has 0 saturated carbocycles. The largest absolute Gasteiger partial charge is 0.342 e. The van der Waals surface area contributed by atoms with Gasteiger partial charge in [-0.3, -0.25) is 4.79 Å². The molecule has 1 unspecified atom stereocenters. The molecule has 130 valence electrons. The molecule has 1 aliphatic heterocycles. The molecule has 24 heavy (non-hydrogen) atoms. The van der Waals surface area contributed by atoms with Crippen LogP contribution in [0.15, 0.2) is 11.1 Å². The van der Waals surface area contributed by atoms with Crippen molar-refractivity contribution in [2.75, 3.05) is 13.1 Å². The summed E-state index contributed by atoms with van der Waals surface area (Å²) in [5.74, 6) is 1.75. The van der Waals surface area contributed by atoms with Crippen LogP contribution >= 0.6 is 23.1 Å². The fraction of sp³-hybridized carbons (Fsp3) is 0.611. The number of fused-ring (bicyclic) bond motifs is 1. The molecule has 1 fully saturated rings. The van der Waals surface area contributed by atoms with Gasteiger partial charge in [0.05, 0.1) is 5.25 Å². The van der Waals surface area contributed by atoms with E-state index in [0.29, 0.717) is 0 Å². The molecule has 0 aliphatic carbocycles. The molecule has 0 spiro atoms. The van der Waals surface area contributed by atoms with Gasteiger partial charge in [-0.1, -0.05) is 25.6 Å². The normalized spacial score (nSPS) is 17.4. The van der Waals surface area contributed by atoms with Crippen molar-refractivity contribution in [2.45, 2.75) is 57.2 Å². The van der Waals surface area contributed by atoms with Gasteiger partial charge in [-0.2, -0.15) is 0 Å². The zero-order valence-electron chi connectivity index (χ0n) is 14.8. The van der Waals surface area contributed by atoms with Crippen LogP contribution in [0.5, 0.6) is 0 Å². The molecular formula is C18H25N3OS2. The Bertz CT molecular complexity index is 735. The third kappa shape index (κ3) is 3.75. The van der Waals surface area contributed by atoms with Crippen molar-refractivity contribution < 1.29 is 4.79 Å². The summed E-state index contributed by atoms with van der Waals surface area (Å²) in [6.07, 6.45) is 3.24. The van der Waals surface area contributed by atoms with Gasteiger partial charge in [0, 0.05) is 23.4 Å². The van der Waals surface area contributed by atoms with Gasteiger partial charge in [0.15, 0.2) is 0 Å². The van der Waals surface area contributed by atoms with E-state index in [9.17, 15) is 4.79 Å². The molecule has 0 N–H and O–H groups in total. The molecule has 2 aromatic heterocycles. The Balaban J connectivity index is 1.78. The minimum absolute atomic E-state index is 0.110. The van der Waals surface area contributed by atoms with Crippen molar-refractivity contribution in [1.29, 1.82) is 0 Å². The zero-order valence-corrected chi connectivity index (χ0v) is 16.5. The number of carbonyl (C=O) groups excluding carboxylic acids is 1. The van der Waals surface area contributed by atoms with Crippen LogP contribution in [0.2, 0.25) is 0 Å². The number of piperidine rings is 1. The lowest BCUT2D eigenvalue weighted by Crippen LogP contribution is -2.41. The summed E-state index contributed by atoms with van der Waals surface area (Å²) in [6.45, 7) is 10.1. The predicted octanol–water partition coefficient (Wildman–Crippen LogP) is 4.30. The maximum Gasteiger partial charge on any atom is 0.235 e. The molecule has 1 aliphatic rings. The van der Waals surface area contributed by atoms with E-state index in [1.54, 1.807) is 23.1 Å². The molecule has 0 bridgehead atoms. The third-order valence-electron chi connectivity index (χ3n) is 4.60. The quantitative estimate of drug-likeness (QED) is 0.600. The molecule has 1 saturated heterocycles. The Labute approximate surface area is 152 Å². The molecule has 0 aromatic carbocycles. The Hall–Kier alpha value is -1.14. The van der Waals surface area contributed by atoms with Gasteiger partial charge < -0.3 is 4.90 Å². The summed E-state index contributed by atoms with van der Waals surface area (Å²) in [6, 6.07) is 2.18. The Morgan fingerprint density at radius 3 is 2.79 bits per heavy atom. The number of aromatic nitrogens is 2. The van der Waals surface area contributed by atoms with Gasteiger partial charge in [-0.15, -0.1) is 11.3 Å². The molecule has 6 heteroatoms. The van der Waals surface area contributed by atoms with Gasteiger partial charge in [-0.05, 0) is 45.1 Å². The van der Waals surface area contributed by atoms with E-state index < -0.39 is 0 Å². The van der Waals surface area contributed by atoms with E-state index in [0.717, 1.165) is 59.3 Å². The summed E-state index contributed by atoms with van der Waals surface area (Å²) in [5, 5.41) is 1.93. The van der Waals surface area contributed by atoms with Crippen molar-refractivity contribution >= 4 is 39.2 Å². The van der Waals surface area contributed by atoms with E-state index in [1.807, 2.05) is 18.7 Å². The summed E-state index contributed by atoms with van der Waals surface area (Å²) in [4.78, 5) is 26.3. The number of hydrogen-bond donors (Lipinski definition) is 0. The fourth-order valence-corrected chi connectivity index (χ4v) is 5.14. The van der Waals surface area contributed by atoms with Gasteiger partial charge in [0.1, 0.15) is 15.7 Å². The van der Waals surface area contributed by atoms with Crippen LogP contribution in [0.1, 0.15) is 44.3 Å². The number of aryl methyl sites for hydroxylation is 2. The SMILES string of the molecule is CCc1cc2c(SC(C)C(=O)N3CCC(C)CC3)nc(C)nc2s1. The van der Waals surface area contributed by atoms with Gasteiger partial charge in [0.25, 0.3) is 0 Å². The lowest BCUT2D eigenvalue weighted by Gasteiger charge is -2.32. The average Bonchev–Trinajstić information content (AvgIpc) is 2.98. The summed E-state index contributed by atoms with van der Waals surface area (Å²) < 4.78 is 0. The Morgan fingerprint density at radius 1 is 1.42 bits per heavy atom. The number of thioether (sulfide) groups is 1. The third-order valence-corrected chi connectivity index (χ3v) is 6.86. The van der Waals surface area contributed by atoms with Gasteiger partial charge in [0.2, 0.25) is 5.91 Å². The summed E-state index contributed by atoms with van der Waals surface area (Å²) in [7, 11) is 0. The molecule has 2 aromatic rings. The monoisotopic (exact) mass is 363 g/mol. The molecular weight excluding hydrogens is 338 g/mol. The second kappa shape index (κ2) is 7.40. The van der Waals surface area contributed by atoms with Gasteiger partial charge in [-0.25, -0.2) is 9.97 Å². The highest BCUT2D eigenvalue weighted by atomic mass is 32.2. The molecule has 0 radical (unpaired) electrons. The van der Waals surface area contributed by atoms with Crippen molar-refractivity contribution in [2.24, 2.45) is 5.92 Å². The van der Waals surface area contributed by atoms with E-state index in [1.165, 1.54) is 4.88 Å². The van der Waals surface area contributed by atoms with Crippen LogP contribution in [0, 0.1) is 12.8 Å². The fourth-order valence-electron chi connectivity index (χ4n) is 3.01. The highest BCUT2D eigenvalue weighted by molar-refractivity contribution is 8.00. The zero-order chi connectivity index (χ0) is 17.3. The highest BCUT2D eigenvalue weighted by Crippen LogP contribution is 2.34. The second-order valence-electron chi connectivity index (χ2n) is 6.63. The maximum atomic E-state index is 12.8. The summed E-state index contributed by atoms with van der Waals surface area (Å²) in [5.41, 5.74) is 0. The van der Waals surface area contributed by atoms with E-state index >= 15 is 0 Å². The van der Waals surface area contributed by atoms with Crippen molar-refractivity contribution in [3.05, 3.63) is 16.8 Å². The smallest absolute Gasteiger partial charge is 0.235 e. The van der Waals surface area contributed by atoms with E-state index in [4.69, 9.17) is 0 Å².